The minimum absolute atomic E-state index is 0.0203. The van der Waals surface area contributed by atoms with Gasteiger partial charge in [-0.15, -0.1) is 11.3 Å². The van der Waals surface area contributed by atoms with Crippen LogP contribution in [0.5, 0.6) is 17.2 Å². The molecule has 0 spiro atoms. The molecule has 4 aromatic rings. The number of nitrogens with zero attached hydrogens (tertiary/aromatic N) is 2. The maximum atomic E-state index is 13.7. The molecule has 0 bridgehead atoms. The molecule has 4 rings (SSSR count). The normalized spacial score (nSPS) is 10.8. The molecule has 1 N–H and O–H groups in total. The van der Waals surface area contributed by atoms with Gasteiger partial charge in [-0.25, -0.2) is 4.79 Å². The van der Waals surface area contributed by atoms with Crippen LogP contribution in [0.3, 0.4) is 0 Å². The summed E-state index contributed by atoms with van der Waals surface area (Å²) in [4.78, 5) is 40.0. The summed E-state index contributed by atoms with van der Waals surface area (Å²) >= 11 is 1.12. The van der Waals surface area contributed by atoms with Crippen LogP contribution < -0.4 is 25.1 Å². The summed E-state index contributed by atoms with van der Waals surface area (Å²) < 4.78 is 23.6. The minimum atomic E-state index is -0.668. The molecule has 0 aliphatic rings. The van der Waals surface area contributed by atoms with Crippen LogP contribution in [0.2, 0.25) is 0 Å². The number of rotatable bonds is 11. The van der Waals surface area contributed by atoms with Gasteiger partial charge in [-0.3, -0.25) is 9.59 Å². The molecule has 40 heavy (non-hydrogen) atoms. The van der Waals surface area contributed by atoms with Crippen molar-refractivity contribution < 1.29 is 28.5 Å². The highest BCUT2D eigenvalue weighted by Crippen LogP contribution is 2.40. The molecular formula is C29H31N3O7S. The third-order valence-electron chi connectivity index (χ3n) is 5.77. The van der Waals surface area contributed by atoms with Crippen LogP contribution in [0.4, 0.5) is 5.00 Å². The van der Waals surface area contributed by atoms with Gasteiger partial charge in [0.15, 0.2) is 17.2 Å². The highest BCUT2D eigenvalue weighted by molar-refractivity contribution is 7.16. The zero-order valence-corrected chi connectivity index (χ0v) is 23.8. The zero-order valence-electron chi connectivity index (χ0n) is 23.0. The standard InChI is InChI=1S/C29H31N3O7S/c1-6-36-21-14-18(15-22(37-7-2)25(21)38-8-3)26(33)30-27-23-20(16-40-27)24(29(35)39-9-4)31-32(28(23)34)19-12-10-11-17(5)13-19/h10-16H,6-9H2,1-5H3,(H,30,33). The largest absolute Gasteiger partial charge is 0.490 e. The van der Waals surface area contributed by atoms with Crippen molar-refractivity contribution in [1.29, 1.82) is 0 Å². The molecule has 10 nitrogen and oxygen atoms in total. The predicted octanol–water partition coefficient (Wildman–Crippen LogP) is 5.38. The first-order valence-electron chi connectivity index (χ1n) is 13.0. The first-order chi connectivity index (χ1) is 19.3. The number of carbonyl (C=O) groups is 2. The summed E-state index contributed by atoms with van der Waals surface area (Å²) in [6, 6.07) is 10.3. The van der Waals surface area contributed by atoms with Gasteiger partial charge in [-0.2, -0.15) is 9.78 Å². The number of thiophene rings is 1. The molecular weight excluding hydrogens is 534 g/mol. The number of esters is 1. The number of benzene rings is 2. The second-order valence-electron chi connectivity index (χ2n) is 8.53. The maximum absolute atomic E-state index is 13.7. The Morgan fingerprint density at radius 1 is 0.950 bits per heavy atom. The molecule has 0 atom stereocenters. The lowest BCUT2D eigenvalue weighted by Crippen LogP contribution is -2.25. The number of carbonyl (C=O) groups excluding carboxylic acids is 2. The van der Waals surface area contributed by atoms with Crippen molar-refractivity contribution in [3.63, 3.8) is 0 Å². The van der Waals surface area contributed by atoms with Crippen molar-refractivity contribution >= 4 is 39.0 Å². The Hall–Kier alpha value is -4.38. The fourth-order valence-corrected chi connectivity index (χ4v) is 5.05. The number of anilines is 1. The fourth-order valence-electron chi connectivity index (χ4n) is 4.12. The number of ether oxygens (including phenoxy) is 4. The Labute approximate surface area is 235 Å². The third kappa shape index (κ3) is 5.79. The summed E-state index contributed by atoms with van der Waals surface area (Å²) in [5.41, 5.74) is 1.13. The maximum Gasteiger partial charge on any atom is 0.359 e. The van der Waals surface area contributed by atoms with Crippen molar-refractivity contribution in [3.8, 4) is 22.9 Å². The minimum Gasteiger partial charge on any atom is -0.490 e. The number of fused-ring (bicyclic) bond motifs is 1. The van der Waals surface area contributed by atoms with E-state index in [0.717, 1.165) is 21.6 Å². The lowest BCUT2D eigenvalue weighted by Gasteiger charge is -2.17. The van der Waals surface area contributed by atoms with Crippen LogP contribution in [0.1, 0.15) is 54.1 Å². The SMILES string of the molecule is CCOC(=O)c1nn(-c2cccc(C)c2)c(=O)c2c(NC(=O)c3cc(OCC)c(OCC)c(OCC)c3)scc12. The van der Waals surface area contributed by atoms with E-state index >= 15 is 0 Å². The number of aryl methyl sites for hydroxylation is 1. The lowest BCUT2D eigenvalue weighted by molar-refractivity contribution is 0.0520. The van der Waals surface area contributed by atoms with E-state index in [1.807, 2.05) is 33.8 Å². The van der Waals surface area contributed by atoms with E-state index in [-0.39, 0.29) is 28.3 Å². The average Bonchev–Trinajstić information content (AvgIpc) is 3.35. The van der Waals surface area contributed by atoms with Gasteiger partial charge in [-0.05, 0) is 64.4 Å². The molecule has 1 amide bonds. The predicted molar refractivity (Wildman–Crippen MR) is 154 cm³/mol. The van der Waals surface area contributed by atoms with E-state index in [9.17, 15) is 14.4 Å². The monoisotopic (exact) mass is 565 g/mol. The van der Waals surface area contributed by atoms with Crippen molar-refractivity contribution in [2.75, 3.05) is 31.7 Å². The topological polar surface area (TPSA) is 118 Å². The molecule has 0 fully saturated rings. The first kappa shape index (κ1) is 28.6. The molecule has 0 saturated heterocycles. The second-order valence-corrected chi connectivity index (χ2v) is 9.41. The molecule has 11 heteroatoms. The Morgan fingerprint density at radius 2 is 1.62 bits per heavy atom. The van der Waals surface area contributed by atoms with Crippen molar-refractivity contribution in [2.24, 2.45) is 0 Å². The molecule has 2 heterocycles. The molecule has 0 aliphatic heterocycles. The quantitative estimate of drug-likeness (QED) is 0.241. The smallest absolute Gasteiger partial charge is 0.359 e. The summed E-state index contributed by atoms with van der Waals surface area (Å²) in [6.07, 6.45) is 0. The number of aromatic nitrogens is 2. The van der Waals surface area contributed by atoms with Crippen LogP contribution in [-0.2, 0) is 4.74 Å². The molecule has 0 radical (unpaired) electrons. The highest BCUT2D eigenvalue weighted by Gasteiger charge is 2.24. The Morgan fingerprint density at radius 3 is 2.23 bits per heavy atom. The van der Waals surface area contributed by atoms with Gasteiger partial charge >= 0.3 is 5.97 Å². The molecule has 0 unspecified atom stereocenters. The number of nitrogens with one attached hydrogen (secondary N) is 1. The molecule has 2 aromatic carbocycles. The van der Waals surface area contributed by atoms with Gasteiger partial charge in [0.2, 0.25) is 5.75 Å². The van der Waals surface area contributed by atoms with Gasteiger partial charge in [-0.1, -0.05) is 12.1 Å². The van der Waals surface area contributed by atoms with E-state index in [4.69, 9.17) is 18.9 Å². The third-order valence-corrected chi connectivity index (χ3v) is 6.66. The Kier molecular flexibility index (Phi) is 9.05. The van der Waals surface area contributed by atoms with E-state index in [2.05, 4.69) is 10.4 Å². The average molecular weight is 566 g/mol. The second kappa shape index (κ2) is 12.6. The summed E-state index contributed by atoms with van der Waals surface area (Å²) in [7, 11) is 0. The van der Waals surface area contributed by atoms with E-state index < -0.39 is 17.4 Å². The lowest BCUT2D eigenvalue weighted by atomic mass is 10.1. The Balaban J connectivity index is 1.84. The van der Waals surface area contributed by atoms with Crippen LogP contribution >= 0.6 is 11.3 Å². The number of hydrogen-bond acceptors (Lipinski definition) is 9. The summed E-state index contributed by atoms with van der Waals surface area (Å²) in [5.74, 6) is -0.0156. The summed E-state index contributed by atoms with van der Waals surface area (Å²) in [5, 5.41) is 9.51. The van der Waals surface area contributed by atoms with Crippen LogP contribution in [0.15, 0.2) is 46.6 Å². The van der Waals surface area contributed by atoms with Gasteiger partial charge < -0.3 is 24.3 Å². The highest BCUT2D eigenvalue weighted by atomic mass is 32.1. The Bertz CT molecular complexity index is 1580. The molecule has 0 saturated carbocycles. The first-order valence-corrected chi connectivity index (χ1v) is 13.9. The van der Waals surface area contributed by atoms with E-state index in [1.165, 1.54) is 0 Å². The van der Waals surface area contributed by atoms with Gasteiger partial charge in [0, 0.05) is 16.3 Å². The number of amides is 1. The van der Waals surface area contributed by atoms with Gasteiger partial charge in [0.25, 0.3) is 11.5 Å². The van der Waals surface area contributed by atoms with Crippen molar-refractivity contribution in [2.45, 2.75) is 34.6 Å². The van der Waals surface area contributed by atoms with Gasteiger partial charge in [0.05, 0.1) is 37.5 Å². The van der Waals surface area contributed by atoms with Crippen molar-refractivity contribution in [3.05, 3.63) is 69.0 Å². The zero-order chi connectivity index (χ0) is 28.8. The van der Waals surface area contributed by atoms with Crippen LogP contribution in [0.25, 0.3) is 16.5 Å². The number of hydrogen-bond donors (Lipinski definition) is 1. The molecule has 2 aromatic heterocycles. The molecule has 210 valence electrons. The van der Waals surface area contributed by atoms with E-state index in [0.29, 0.717) is 48.1 Å². The molecule has 0 aliphatic carbocycles. The summed E-state index contributed by atoms with van der Waals surface area (Å²) in [6.45, 7) is 10.3. The van der Waals surface area contributed by atoms with Crippen molar-refractivity contribution in [1.82, 2.24) is 9.78 Å². The van der Waals surface area contributed by atoms with Crippen LogP contribution in [-0.4, -0.2) is 48.1 Å². The van der Waals surface area contributed by atoms with Gasteiger partial charge in [0.1, 0.15) is 5.00 Å². The van der Waals surface area contributed by atoms with E-state index in [1.54, 1.807) is 42.6 Å². The van der Waals surface area contributed by atoms with Crippen LogP contribution in [0, 0.1) is 6.92 Å². The fraction of sp³-hybridized carbons (Fsp3) is 0.310.